The van der Waals surface area contributed by atoms with Crippen LogP contribution in [-0.2, 0) is 0 Å². The normalized spacial score (nSPS) is 9.77. The summed E-state index contributed by atoms with van der Waals surface area (Å²) in [6.07, 6.45) is 3.25. The van der Waals surface area contributed by atoms with E-state index in [1.807, 2.05) is 0 Å². The zero-order chi connectivity index (χ0) is 9.68. The largest absolute Gasteiger partial charge is 0.507 e. The van der Waals surface area contributed by atoms with E-state index in [1.165, 1.54) is 18.2 Å². The van der Waals surface area contributed by atoms with Gasteiger partial charge in [-0.2, -0.15) is 5.26 Å². The molecule has 0 aliphatic carbocycles. The third-order valence-electron chi connectivity index (χ3n) is 1.57. The number of hydrogen-bond donors (Lipinski definition) is 1. The van der Waals surface area contributed by atoms with Crippen LogP contribution in [0.4, 0.5) is 0 Å². The van der Waals surface area contributed by atoms with E-state index < -0.39 is 0 Å². The van der Waals surface area contributed by atoms with Crippen molar-refractivity contribution in [1.29, 1.82) is 5.26 Å². The molecule has 0 atom stereocenters. The second-order valence-corrected chi connectivity index (χ2v) is 2.36. The fourth-order valence-electron chi connectivity index (χ4n) is 0.975. The second kappa shape index (κ2) is 4.07. The lowest BCUT2D eigenvalue weighted by atomic mass is 10.1. The third kappa shape index (κ3) is 1.94. The summed E-state index contributed by atoms with van der Waals surface area (Å²) in [6, 6.07) is 6.39. The van der Waals surface area contributed by atoms with Gasteiger partial charge < -0.3 is 5.11 Å². The summed E-state index contributed by atoms with van der Waals surface area (Å²) in [5.41, 5.74) is 0.741. The Bertz CT molecular complexity index is 388. The topological polar surface area (TPSA) is 61.1 Å². The van der Waals surface area contributed by atoms with Gasteiger partial charge in [0.15, 0.2) is 6.29 Å². The zero-order valence-corrected chi connectivity index (χ0v) is 6.77. The van der Waals surface area contributed by atoms with Gasteiger partial charge in [-0.25, -0.2) is 0 Å². The smallest absolute Gasteiger partial charge is 0.150 e. The lowest BCUT2D eigenvalue weighted by Crippen LogP contribution is -1.85. The number of rotatable bonds is 2. The first-order valence-electron chi connectivity index (χ1n) is 3.63. The van der Waals surface area contributed by atoms with Crippen molar-refractivity contribution >= 4 is 12.4 Å². The predicted molar refractivity (Wildman–Crippen MR) is 48.1 cm³/mol. The van der Waals surface area contributed by atoms with Crippen LogP contribution in [-0.4, -0.2) is 11.4 Å². The highest BCUT2D eigenvalue weighted by Gasteiger charge is 2.02. The molecule has 0 saturated carbocycles. The molecule has 0 heterocycles. The number of benzene rings is 1. The van der Waals surface area contributed by atoms with Gasteiger partial charge in [0.05, 0.1) is 6.07 Å². The Morgan fingerprint density at radius 1 is 1.46 bits per heavy atom. The van der Waals surface area contributed by atoms with E-state index >= 15 is 0 Å². The maximum absolute atomic E-state index is 10.5. The summed E-state index contributed by atoms with van der Waals surface area (Å²) >= 11 is 0. The van der Waals surface area contributed by atoms with Crippen molar-refractivity contribution in [1.82, 2.24) is 0 Å². The molecule has 0 radical (unpaired) electrons. The number of hydrogen-bond acceptors (Lipinski definition) is 3. The van der Waals surface area contributed by atoms with Crippen LogP contribution in [0.1, 0.15) is 15.9 Å². The molecule has 0 bridgehead atoms. The van der Waals surface area contributed by atoms with Crippen LogP contribution in [0, 0.1) is 11.3 Å². The minimum absolute atomic E-state index is 0.00361. The first-order chi connectivity index (χ1) is 6.29. The molecule has 0 saturated heterocycles. The minimum Gasteiger partial charge on any atom is -0.507 e. The molecular formula is C10H7NO2. The van der Waals surface area contributed by atoms with Crippen LogP contribution >= 0.6 is 0 Å². The first kappa shape index (κ1) is 9.01. The number of phenols is 1. The molecule has 1 aromatic rings. The van der Waals surface area contributed by atoms with Gasteiger partial charge in [-0.15, -0.1) is 0 Å². The number of aldehydes is 1. The van der Waals surface area contributed by atoms with Gasteiger partial charge in [0.1, 0.15) is 5.75 Å². The molecule has 0 aliphatic heterocycles. The Hall–Kier alpha value is -2.08. The average molecular weight is 173 g/mol. The Morgan fingerprint density at radius 2 is 2.23 bits per heavy atom. The quantitative estimate of drug-likeness (QED) is 0.547. The van der Waals surface area contributed by atoms with Crippen LogP contribution in [0.25, 0.3) is 6.08 Å². The molecule has 1 aromatic carbocycles. The molecule has 3 nitrogen and oxygen atoms in total. The number of phenolic OH excluding ortho intramolecular Hbond substituents is 1. The summed E-state index contributed by atoms with van der Waals surface area (Å²) in [5.74, 6) is -0.00361. The van der Waals surface area contributed by atoms with Gasteiger partial charge in [-0.1, -0.05) is 12.1 Å². The molecule has 13 heavy (non-hydrogen) atoms. The molecule has 0 unspecified atom stereocenters. The van der Waals surface area contributed by atoms with Crippen molar-refractivity contribution in [2.24, 2.45) is 0 Å². The number of carbonyl (C=O) groups is 1. The van der Waals surface area contributed by atoms with Gasteiger partial charge in [-0.3, -0.25) is 4.79 Å². The van der Waals surface area contributed by atoms with Gasteiger partial charge in [0.2, 0.25) is 0 Å². The van der Waals surface area contributed by atoms with Crippen LogP contribution in [0.3, 0.4) is 0 Å². The van der Waals surface area contributed by atoms with Gasteiger partial charge >= 0.3 is 0 Å². The number of allylic oxidation sites excluding steroid dienone is 1. The Labute approximate surface area is 75.5 Å². The van der Waals surface area contributed by atoms with Crippen molar-refractivity contribution < 1.29 is 9.90 Å². The highest BCUT2D eigenvalue weighted by Crippen LogP contribution is 2.20. The van der Waals surface area contributed by atoms with Gasteiger partial charge in [-0.05, 0) is 12.1 Å². The van der Waals surface area contributed by atoms with Crippen molar-refractivity contribution in [2.45, 2.75) is 0 Å². The average Bonchev–Trinajstić information content (AvgIpc) is 2.15. The van der Waals surface area contributed by atoms with E-state index in [0.717, 1.165) is 0 Å². The number of nitriles is 1. The monoisotopic (exact) mass is 173 g/mol. The fraction of sp³-hybridized carbons (Fsp3) is 0. The lowest BCUT2D eigenvalue weighted by molar-refractivity contribution is 0.112. The number of nitrogens with zero attached hydrogens (tertiary/aromatic N) is 1. The van der Waals surface area contributed by atoms with E-state index in [2.05, 4.69) is 0 Å². The van der Waals surface area contributed by atoms with Gasteiger partial charge in [0, 0.05) is 17.2 Å². The molecule has 0 spiro atoms. The summed E-state index contributed by atoms with van der Waals surface area (Å²) in [5, 5.41) is 17.6. The number of aromatic hydroxyl groups is 1. The molecule has 0 fully saturated rings. The molecule has 1 rings (SSSR count). The fourth-order valence-corrected chi connectivity index (χ4v) is 0.975. The van der Waals surface area contributed by atoms with Crippen LogP contribution in [0.15, 0.2) is 24.3 Å². The van der Waals surface area contributed by atoms with Crippen LogP contribution in [0.2, 0.25) is 0 Å². The maximum Gasteiger partial charge on any atom is 0.150 e. The Kier molecular flexibility index (Phi) is 2.82. The first-order valence-corrected chi connectivity index (χ1v) is 3.63. The van der Waals surface area contributed by atoms with Crippen molar-refractivity contribution in [3.63, 3.8) is 0 Å². The molecular weight excluding hydrogens is 166 g/mol. The minimum atomic E-state index is -0.00361. The van der Waals surface area contributed by atoms with Crippen molar-refractivity contribution in [3.05, 3.63) is 35.4 Å². The second-order valence-electron chi connectivity index (χ2n) is 2.36. The summed E-state index contributed by atoms with van der Waals surface area (Å²) < 4.78 is 0. The summed E-state index contributed by atoms with van der Waals surface area (Å²) in [6.45, 7) is 0. The zero-order valence-electron chi connectivity index (χ0n) is 6.77. The van der Waals surface area contributed by atoms with Crippen molar-refractivity contribution in [3.8, 4) is 11.8 Å². The lowest BCUT2D eigenvalue weighted by Gasteiger charge is -2.00. The van der Waals surface area contributed by atoms with E-state index in [1.54, 1.807) is 18.2 Å². The molecule has 1 N–H and O–H groups in total. The molecule has 0 aliphatic rings. The SMILES string of the molecule is N#CC=Cc1c(O)cccc1C=O. The highest BCUT2D eigenvalue weighted by molar-refractivity contribution is 5.84. The highest BCUT2D eigenvalue weighted by atomic mass is 16.3. The predicted octanol–water partition coefficient (Wildman–Crippen LogP) is 1.74. The Balaban J connectivity index is 3.24. The maximum atomic E-state index is 10.5. The molecule has 0 aromatic heterocycles. The van der Waals surface area contributed by atoms with Crippen LogP contribution in [0.5, 0.6) is 5.75 Å². The van der Waals surface area contributed by atoms with Gasteiger partial charge in [0.25, 0.3) is 0 Å². The standard InChI is InChI=1S/C10H7NO2/c11-6-2-4-9-8(7-12)3-1-5-10(9)13/h1-5,7,13H. The summed E-state index contributed by atoms with van der Waals surface area (Å²) in [7, 11) is 0. The molecule has 3 heteroatoms. The molecule has 0 amide bonds. The number of carbonyl (C=O) groups excluding carboxylic acids is 1. The van der Waals surface area contributed by atoms with E-state index in [0.29, 0.717) is 17.4 Å². The van der Waals surface area contributed by atoms with E-state index in [-0.39, 0.29) is 5.75 Å². The van der Waals surface area contributed by atoms with E-state index in [9.17, 15) is 9.90 Å². The van der Waals surface area contributed by atoms with E-state index in [4.69, 9.17) is 5.26 Å². The Morgan fingerprint density at radius 3 is 2.85 bits per heavy atom. The summed E-state index contributed by atoms with van der Waals surface area (Å²) in [4.78, 5) is 10.5. The van der Waals surface area contributed by atoms with Crippen LogP contribution < -0.4 is 0 Å². The van der Waals surface area contributed by atoms with Crippen molar-refractivity contribution in [2.75, 3.05) is 0 Å². The molecule has 64 valence electrons. The third-order valence-corrected chi connectivity index (χ3v) is 1.57.